The van der Waals surface area contributed by atoms with E-state index >= 15 is 0 Å². The molecule has 2 nitrogen and oxygen atoms in total. The van der Waals surface area contributed by atoms with Gasteiger partial charge in [0.2, 0.25) is 8.03 Å². The van der Waals surface area contributed by atoms with Crippen molar-refractivity contribution in [2.24, 2.45) is 0 Å². The smallest absolute Gasteiger partial charge is 0.200 e. The first-order chi connectivity index (χ1) is 7.79. The fourth-order valence-electron chi connectivity index (χ4n) is 1.77. The predicted octanol–water partition coefficient (Wildman–Crippen LogP) is 3.24. The van der Waals surface area contributed by atoms with Crippen molar-refractivity contribution in [3.05, 3.63) is 71.8 Å². The highest BCUT2D eigenvalue weighted by molar-refractivity contribution is 7.38. The van der Waals surface area contributed by atoms with Gasteiger partial charge in [0, 0.05) is 0 Å². The Hall–Kier alpha value is -1.37. The average Bonchev–Trinajstić information content (AvgIpc) is 2.31. The number of hydrogen-bond donors (Lipinski definition) is 1. The molecule has 1 unspecified atom stereocenters. The lowest BCUT2D eigenvalue weighted by atomic mass is 10.0. The molecular formula is C13H13O2P. The highest BCUT2D eigenvalue weighted by Gasteiger charge is 2.18. The molecule has 0 aliphatic carbocycles. The normalized spacial score (nSPS) is 12.6. The van der Waals surface area contributed by atoms with E-state index in [4.69, 9.17) is 0 Å². The van der Waals surface area contributed by atoms with Gasteiger partial charge in [-0.05, 0) is 11.1 Å². The molecule has 0 aliphatic heterocycles. The van der Waals surface area contributed by atoms with Crippen LogP contribution in [-0.4, -0.2) is 4.89 Å². The molecule has 2 aromatic rings. The van der Waals surface area contributed by atoms with Crippen molar-refractivity contribution >= 4 is 8.03 Å². The Balaban J connectivity index is 2.44. The summed E-state index contributed by atoms with van der Waals surface area (Å²) in [6, 6.07) is 18.9. The van der Waals surface area contributed by atoms with Gasteiger partial charge in [-0.25, -0.2) is 0 Å². The molecular weight excluding hydrogens is 219 g/mol. The lowest BCUT2D eigenvalue weighted by Gasteiger charge is -2.14. The molecule has 0 spiro atoms. The molecule has 2 aromatic carbocycles. The first-order valence-electron chi connectivity index (χ1n) is 5.12. The standard InChI is InChI=1S/C13H13O2P/c14-16(15)13(11-7-3-1-4-8-11)12-9-5-2-6-10-12/h1-10,13,16H,(H,14,15). The van der Waals surface area contributed by atoms with Gasteiger partial charge in [-0.15, -0.1) is 0 Å². The molecule has 0 bridgehead atoms. The molecule has 1 N–H and O–H groups in total. The maximum Gasteiger partial charge on any atom is 0.200 e. The molecule has 16 heavy (non-hydrogen) atoms. The second kappa shape index (κ2) is 5.11. The van der Waals surface area contributed by atoms with Crippen molar-refractivity contribution in [1.82, 2.24) is 0 Å². The van der Waals surface area contributed by atoms with Crippen LogP contribution in [0.15, 0.2) is 60.7 Å². The Kier molecular flexibility index (Phi) is 3.55. The van der Waals surface area contributed by atoms with E-state index in [1.54, 1.807) is 0 Å². The van der Waals surface area contributed by atoms with E-state index in [1.807, 2.05) is 60.7 Å². The van der Waals surface area contributed by atoms with Crippen molar-refractivity contribution in [1.29, 1.82) is 0 Å². The minimum Gasteiger partial charge on any atom is -0.346 e. The maximum atomic E-state index is 11.5. The predicted molar refractivity (Wildman–Crippen MR) is 65.9 cm³/mol. The van der Waals surface area contributed by atoms with Gasteiger partial charge in [0.25, 0.3) is 0 Å². The van der Waals surface area contributed by atoms with Crippen molar-refractivity contribution in [2.45, 2.75) is 5.66 Å². The van der Waals surface area contributed by atoms with Crippen LogP contribution in [0.2, 0.25) is 0 Å². The van der Waals surface area contributed by atoms with Crippen LogP contribution >= 0.6 is 8.03 Å². The largest absolute Gasteiger partial charge is 0.346 e. The van der Waals surface area contributed by atoms with Crippen LogP contribution in [0.1, 0.15) is 16.8 Å². The maximum absolute atomic E-state index is 11.5. The molecule has 0 saturated carbocycles. The third kappa shape index (κ3) is 2.41. The average molecular weight is 232 g/mol. The summed E-state index contributed by atoms with van der Waals surface area (Å²) in [6.07, 6.45) is 0. The van der Waals surface area contributed by atoms with Crippen molar-refractivity contribution in [3.63, 3.8) is 0 Å². The van der Waals surface area contributed by atoms with Crippen molar-refractivity contribution in [3.8, 4) is 0 Å². The molecule has 3 heteroatoms. The van der Waals surface area contributed by atoms with Crippen molar-refractivity contribution in [2.75, 3.05) is 0 Å². The van der Waals surface area contributed by atoms with Gasteiger partial charge < -0.3 is 4.89 Å². The molecule has 0 fully saturated rings. The summed E-state index contributed by atoms with van der Waals surface area (Å²) in [5, 5.41) is 0. The quantitative estimate of drug-likeness (QED) is 0.825. The first-order valence-corrected chi connectivity index (χ1v) is 6.55. The number of hydrogen-bond acceptors (Lipinski definition) is 1. The van der Waals surface area contributed by atoms with Crippen LogP contribution in [0, 0.1) is 0 Å². The highest BCUT2D eigenvalue weighted by Crippen LogP contribution is 2.42. The van der Waals surface area contributed by atoms with Crippen LogP contribution in [0.25, 0.3) is 0 Å². The van der Waals surface area contributed by atoms with Gasteiger partial charge in [0.15, 0.2) is 0 Å². The van der Waals surface area contributed by atoms with Crippen LogP contribution in [-0.2, 0) is 4.57 Å². The third-order valence-electron chi connectivity index (χ3n) is 2.51. The first kappa shape index (κ1) is 11.1. The minimum absolute atomic E-state index is 0.396. The summed E-state index contributed by atoms with van der Waals surface area (Å²) in [7, 11) is -2.63. The number of benzene rings is 2. The molecule has 82 valence electrons. The second-order valence-electron chi connectivity index (χ2n) is 3.59. The minimum atomic E-state index is -2.63. The van der Waals surface area contributed by atoms with Crippen molar-refractivity contribution < 1.29 is 9.46 Å². The van der Waals surface area contributed by atoms with Gasteiger partial charge in [0.1, 0.15) is 0 Å². The Bertz CT molecular complexity index is 428. The zero-order valence-corrected chi connectivity index (χ0v) is 9.71. The van der Waals surface area contributed by atoms with E-state index in [9.17, 15) is 9.46 Å². The molecule has 0 saturated heterocycles. The zero-order chi connectivity index (χ0) is 11.4. The van der Waals surface area contributed by atoms with Gasteiger partial charge in [-0.3, -0.25) is 4.57 Å². The van der Waals surface area contributed by atoms with Crippen LogP contribution in [0.4, 0.5) is 0 Å². The lowest BCUT2D eigenvalue weighted by molar-refractivity contribution is 0.496. The SMILES string of the molecule is O=[PH](O)C(c1ccccc1)c1ccccc1. The third-order valence-corrected chi connectivity index (χ3v) is 3.67. The molecule has 0 aromatic heterocycles. The van der Waals surface area contributed by atoms with Crippen LogP contribution in [0.5, 0.6) is 0 Å². The Morgan fingerprint density at radius 1 is 0.812 bits per heavy atom. The fraction of sp³-hybridized carbons (Fsp3) is 0.0769. The van der Waals surface area contributed by atoms with E-state index in [-0.39, 0.29) is 0 Å². The highest BCUT2D eigenvalue weighted by atomic mass is 31.1. The Morgan fingerprint density at radius 3 is 1.50 bits per heavy atom. The van der Waals surface area contributed by atoms with Gasteiger partial charge in [-0.2, -0.15) is 0 Å². The molecule has 0 aliphatic rings. The van der Waals surface area contributed by atoms with E-state index in [2.05, 4.69) is 0 Å². The molecule has 2 rings (SSSR count). The topological polar surface area (TPSA) is 37.3 Å². The monoisotopic (exact) mass is 232 g/mol. The Morgan fingerprint density at radius 2 is 1.19 bits per heavy atom. The number of rotatable bonds is 3. The Labute approximate surface area is 95.4 Å². The summed E-state index contributed by atoms with van der Waals surface area (Å²) in [4.78, 5) is 9.47. The van der Waals surface area contributed by atoms with E-state index in [0.29, 0.717) is 0 Å². The van der Waals surface area contributed by atoms with Gasteiger partial charge in [-0.1, -0.05) is 60.7 Å². The van der Waals surface area contributed by atoms with Crippen LogP contribution < -0.4 is 0 Å². The summed E-state index contributed by atoms with van der Waals surface area (Å²) >= 11 is 0. The summed E-state index contributed by atoms with van der Waals surface area (Å²) in [5.74, 6) is 0. The molecule has 1 atom stereocenters. The second-order valence-corrected chi connectivity index (χ2v) is 4.85. The summed E-state index contributed by atoms with van der Waals surface area (Å²) in [6.45, 7) is 0. The summed E-state index contributed by atoms with van der Waals surface area (Å²) in [5.41, 5.74) is 1.38. The lowest BCUT2D eigenvalue weighted by Crippen LogP contribution is -1.95. The summed E-state index contributed by atoms with van der Waals surface area (Å²) < 4.78 is 11.5. The molecule has 0 radical (unpaired) electrons. The zero-order valence-electron chi connectivity index (χ0n) is 8.71. The van der Waals surface area contributed by atoms with E-state index < -0.39 is 13.7 Å². The van der Waals surface area contributed by atoms with Gasteiger partial charge in [0.05, 0.1) is 5.66 Å². The van der Waals surface area contributed by atoms with E-state index in [1.165, 1.54) is 0 Å². The molecule has 0 amide bonds. The van der Waals surface area contributed by atoms with Crippen LogP contribution in [0.3, 0.4) is 0 Å². The molecule has 0 heterocycles. The van der Waals surface area contributed by atoms with E-state index in [0.717, 1.165) is 11.1 Å². The van der Waals surface area contributed by atoms with Gasteiger partial charge >= 0.3 is 0 Å². The fourth-order valence-corrected chi connectivity index (χ4v) is 2.72.